The van der Waals surface area contributed by atoms with E-state index in [0.717, 1.165) is 32.6 Å². The van der Waals surface area contributed by atoms with Crippen molar-refractivity contribution in [1.82, 2.24) is 10.6 Å². The highest BCUT2D eigenvalue weighted by molar-refractivity contribution is 5.67. The smallest absolute Gasteiger partial charge is 0.407 e. The maximum absolute atomic E-state index is 11.8. The van der Waals surface area contributed by atoms with Crippen molar-refractivity contribution in [3.63, 3.8) is 0 Å². The Bertz CT molecular complexity index is 353. The molecule has 0 spiro atoms. The molecule has 0 radical (unpaired) electrons. The minimum atomic E-state index is -0.440. The molecule has 5 nitrogen and oxygen atoms in total. The van der Waals surface area contributed by atoms with Crippen LogP contribution in [0.2, 0.25) is 0 Å². The highest BCUT2D eigenvalue weighted by Gasteiger charge is 2.25. The highest BCUT2D eigenvalue weighted by atomic mass is 16.6. The SMILES string of the molecule is CC(C)COCCCNC1CCCCC1CNC(=O)OC(C)(C)C. The van der Waals surface area contributed by atoms with Crippen molar-refractivity contribution in [3.8, 4) is 0 Å². The Morgan fingerprint density at radius 3 is 2.58 bits per heavy atom. The minimum absolute atomic E-state index is 0.311. The van der Waals surface area contributed by atoms with Gasteiger partial charge in [0.1, 0.15) is 5.60 Å². The quantitative estimate of drug-likeness (QED) is 0.627. The second kappa shape index (κ2) is 10.9. The third-order valence-corrected chi connectivity index (χ3v) is 4.14. The monoisotopic (exact) mass is 342 g/mol. The minimum Gasteiger partial charge on any atom is -0.444 e. The van der Waals surface area contributed by atoms with Crippen LogP contribution in [0.15, 0.2) is 0 Å². The molecule has 1 fully saturated rings. The number of hydrogen-bond donors (Lipinski definition) is 2. The first-order valence-corrected chi connectivity index (χ1v) is 9.56. The number of carbonyl (C=O) groups excluding carboxylic acids is 1. The molecule has 5 heteroatoms. The van der Waals surface area contributed by atoms with Crippen LogP contribution in [0.5, 0.6) is 0 Å². The number of ether oxygens (including phenoxy) is 2. The molecule has 1 aliphatic carbocycles. The van der Waals surface area contributed by atoms with Crippen LogP contribution >= 0.6 is 0 Å². The van der Waals surface area contributed by atoms with E-state index < -0.39 is 5.60 Å². The zero-order valence-corrected chi connectivity index (χ0v) is 16.3. The van der Waals surface area contributed by atoms with Gasteiger partial charge in [-0.25, -0.2) is 4.79 Å². The topological polar surface area (TPSA) is 59.6 Å². The Balaban J connectivity index is 2.23. The van der Waals surface area contributed by atoms with Crippen LogP contribution in [0.4, 0.5) is 4.79 Å². The molecule has 0 saturated heterocycles. The van der Waals surface area contributed by atoms with Crippen LogP contribution in [-0.2, 0) is 9.47 Å². The van der Waals surface area contributed by atoms with E-state index in [1.54, 1.807) is 0 Å². The lowest BCUT2D eigenvalue weighted by Crippen LogP contribution is -2.45. The summed E-state index contributed by atoms with van der Waals surface area (Å²) in [4.78, 5) is 11.8. The van der Waals surface area contributed by atoms with Crippen molar-refractivity contribution in [2.75, 3.05) is 26.3 Å². The van der Waals surface area contributed by atoms with E-state index in [9.17, 15) is 4.79 Å². The second-order valence-corrected chi connectivity index (χ2v) is 8.31. The summed E-state index contributed by atoms with van der Waals surface area (Å²) < 4.78 is 10.9. The van der Waals surface area contributed by atoms with Gasteiger partial charge in [0, 0.05) is 25.8 Å². The summed E-state index contributed by atoms with van der Waals surface area (Å²) in [7, 11) is 0. The van der Waals surface area contributed by atoms with Gasteiger partial charge in [0.2, 0.25) is 0 Å². The third-order valence-electron chi connectivity index (χ3n) is 4.14. The van der Waals surface area contributed by atoms with E-state index in [-0.39, 0.29) is 6.09 Å². The molecule has 2 N–H and O–H groups in total. The van der Waals surface area contributed by atoms with Crippen molar-refractivity contribution < 1.29 is 14.3 Å². The lowest BCUT2D eigenvalue weighted by atomic mass is 9.84. The molecular formula is C19H38N2O3. The van der Waals surface area contributed by atoms with Gasteiger partial charge < -0.3 is 20.1 Å². The fraction of sp³-hybridized carbons (Fsp3) is 0.947. The van der Waals surface area contributed by atoms with Gasteiger partial charge in [-0.2, -0.15) is 0 Å². The first-order valence-electron chi connectivity index (χ1n) is 9.56. The molecule has 1 aliphatic rings. The van der Waals surface area contributed by atoms with Gasteiger partial charge in [-0.05, 0) is 58.4 Å². The summed E-state index contributed by atoms with van der Waals surface area (Å²) >= 11 is 0. The molecular weight excluding hydrogens is 304 g/mol. The summed E-state index contributed by atoms with van der Waals surface area (Å²) in [5.74, 6) is 1.09. The molecule has 2 atom stereocenters. The molecule has 0 heterocycles. The Morgan fingerprint density at radius 2 is 1.92 bits per heavy atom. The zero-order valence-electron chi connectivity index (χ0n) is 16.3. The maximum atomic E-state index is 11.8. The molecule has 0 aromatic rings. The Hall–Kier alpha value is -0.810. The van der Waals surface area contributed by atoms with Gasteiger partial charge >= 0.3 is 6.09 Å². The normalized spacial score (nSPS) is 21.8. The molecule has 2 unspecified atom stereocenters. The van der Waals surface area contributed by atoms with E-state index in [4.69, 9.17) is 9.47 Å². The zero-order chi connectivity index (χ0) is 18.0. The van der Waals surface area contributed by atoms with Crippen LogP contribution in [-0.4, -0.2) is 44.0 Å². The van der Waals surface area contributed by atoms with Crippen LogP contribution in [0.3, 0.4) is 0 Å². The van der Waals surface area contributed by atoms with E-state index in [1.165, 1.54) is 19.3 Å². The molecule has 0 bridgehead atoms. The average molecular weight is 343 g/mol. The number of hydrogen-bond acceptors (Lipinski definition) is 4. The van der Waals surface area contributed by atoms with Gasteiger partial charge in [-0.3, -0.25) is 0 Å². The van der Waals surface area contributed by atoms with Crippen molar-refractivity contribution in [2.24, 2.45) is 11.8 Å². The molecule has 0 aromatic heterocycles. The van der Waals surface area contributed by atoms with E-state index in [0.29, 0.717) is 24.4 Å². The number of carbonyl (C=O) groups is 1. The fourth-order valence-corrected chi connectivity index (χ4v) is 3.03. The first kappa shape index (κ1) is 21.2. The lowest BCUT2D eigenvalue weighted by molar-refractivity contribution is 0.0510. The van der Waals surface area contributed by atoms with Crippen molar-refractivity contribution in [1.29, 1.82) is 0 Å². The van der Waals surface area contributed by atoms with Crippen molar-refractivity contribution in [2.45, 2.75) is 78.4 Å². The Labute approximate surface area is 148 Å². The molecule has 142 valence electrons. The van der Waals surface area contributed by atoms with Gasteiger partial charge in [-0.15, -0.1) is 0 Å². The lowest BCUT2D eigenvalue weighted by Gasteiger charge is -2.32. The van der Waals surface area contributed by atoms with Crippen molar-refractivity contribution >= 4 is 6.09 Å². The Kier molecular flexibility index (Phi) is 9.67. The van der Waals surface area contributed by atoms with E-state index >= 15 is 0 Å². The number of nitrogens with one attached hydrogen (secondary N) is 2. The number of alkyl carbamates (subject to hydrolysis) is 1. The molecule has 24 heavy (non-hydrogen) atoms. The van der Waals surface area contributed by atoms with Crippen LogP contribution in [0.1, 0.15) is 66.7 Å². The van der Waals surface area contributed by atoms with Crippen molar-refractivity contribution in [3.05, 3.63) is 0 Å². The summed E-state index contributed by atoms with van der Waals surface area (Å²) in [6, 6.07) is 0.485. The highest BCUT2D eigenvalue weighted by Crippen LogP contribution is 2.24. The predicted molar refractivity (Wildman–Crippen MR) is 98.3 cm³/mol. The summed E-state index contributed by atoms with van der Waals surface area (Å²) in [6.45, 7) is 13.3. The first-order chi connectivity index (χ1) is 11.3. The van der Waals surface area contributed by atoms with Gasteiger partial charge in [-0.1, -0.05) is 26.7 Å². The van der Waals surface area contributed by atoms with Gasteiger partial charge in [0.25, 0.3) is 0 Å². The summed E-state index contributed by atoms with van der Waals surface area (Å²) in [5, 5.41) is 6.60. The summed E-state index contributed by atoms with van der Waals surface area (Å²) in [5.41, 5.74) is -0.440. The fourth-order valence-electron chi connectivity index (χ4n) is 3.03. The standard InChI is InChI=1S/C19H38N2O3/c1-15(2)14-23-12-8-11-20-17-10-7-6-9-16(17)13-21-18(22)24-19(3,4)5/h15-17,20H,6-14H2,1-5H3,(H,21,22). The van der Waals surface area contributed by atoms with Crippen LogP contribution in [0.25, 0.3) is 0 Å². The van der Waals surface area contributed by atoms with Gasteiger partial charge in [0.05, 0.1) is 0 Å². The molecule has 1 rings (SSSR count). The van der Waals surface area contributed by atoms with Crippen LogP contribution in [0, 0.1) is 11.8 Å². The molecule has 1 amide bonds. The summed E-state index contributed by atoms with van der Waals surface area (Å²) in [6.07, 6.45) is 5.59. The molecule has 1 saturated carbocycles. The van der Waals surface area contributed by atoms with E-state index in [2.05, 4.69) is 24.5 Å². The Morgan fingerprint density at radius 1 is 1.21 bits per heavy atom. The largest absolute Gasteiger partial charge is 0.444 e. The van der Waals surface area contributed by atoms with Crippen LogP contribution < -0.4 is 10.6 Å². The average Bonchev–Trinajstić information content (AvgIpc) is 2.47. The third kappa shape index (κ3) is 10.1. The molecule has 0 aliphatic heterocycles. The number of amides is 1. The second-order valence-electron chi connectivity index (χ2n) is 8.31. The van der Waals surface area contributed by atoms with E-state index in [1.807, 2.05) is 20.8 Å². The maximum Gasteiger partial charge on any atom is 0.407 e. The molecule has 0 aromatic carbocycles. The number of rotatable bonds is 9. The predicted octanol–water partition coefficient (Wildman–Crippen LogP) is 3.72. The van der Waals surface area contributed by atoms with Gasteiger partial charge in [0.15, 0.2) is 0 Å².